The van der Waals surface area contributed by atoms with Crippen molar-refractivity contribution in [1.82, 2.24) is 14.7 Å². The molecule has 10 heteroatoms. The number of carbonyl (C=O) groups is 1. The molecule has 0 spiro atoms. The first-order valence-electron chi connectivity index (χ1n) is 10.9. The van der Waals surface area contributed by atoms with Gasteiger partial charge in [0.2, 0.25) is 5.88 Å². The van der Waals surface area contributed by atoms with Crippen molar-refractivity contribution in [3.05, 3.63) is 94.8 Å². The van der Waals surface area contributed by atoms with Crippen LogP contribution in [0.4, 0.5) is 10.2 Å². The van der Waals surface area contributed by atoms with E-state index >= 15 is 0 Å². The number of pyridine rings is 2. The first-order chi connectivity index (χ1) is 17.0. The molecule has 0 aliphatic carbocycles. The van der Waals surface area contributed by atoms with Crippen LogP contribution >= 0.6 is 0 Å². The molecule has 8 nitrogen and oxygen atoms in total. The molecule has 2 aromatic carbocycles. The summed E-state index contributed by atoms with van der Waals surface area (Å²) in [6.45, 7) is 5.66. The summed E-state index contributed by atoms with van der Waals surface area (Å²) >= 11 is 0. The molecule has 188 valence electrons. The number of aryl methyl sites for hydroxylation is 3. The number of ether oxygens (including phenoxy) is 1. The highest BCUT2D eigenvalue weighted by Gasteiger charge is 2.24. The van der Waals surface area contributed by atoms with Crippen LogP contribution in [0.25, 0.3) is 11.3 Å². The summed E-state index contributed by atoms with van der Waals surface area (Å²) in [6.07, 6.45) is 0. The van der Waals surface area contributed by atoms with Crippen molar-refractivity contribution < 1.29 is 25.2 Å². The van der Waals surface area contributed by atoms with Gasteiger partial charge in [-0.15, -0.1) is 0 Å². The summed E-state index contributed by atoms with van der Waals surface area (Å²) in [7, 11) is -4.32. The topological polar surface area (TPSA) is 124 Å². The van der Waals surface area contributed by atoms with Gasteiger partial charge < -0.3 is 10.5 Å². The highest BCUT2D eigenvalue weighted by molar-refractivity contribution is 7.90. The summed E-state index contributed by atoms with van der Waals surface area (Å²) in [5, 5.41) is -0.403. The van der Waals surface area contributed by atoms with Gasteiger partial charge in [0, 0.05) is 8.42 Å². The number of nitrogens with zero attached hydrogens (tertiary/aromatic N) is 2. The lowest BCUT2D eigenvalue weighted by Crippen LogP contribution is -2.31. The summed E-state index contributed by atoms with van der Waals surface area (Å²) in [5.74, 6) is -1.00. The third kappa shape index (κ3) is 5.33. The number of benzene rings is 2. The first-order valence-corrected chi connectivity index (χ1v) is 12.3. The molecular weight excluding hydrogens is 483 g/mol. The molecule has 0 aliphatic rings. The average molecular weight is 511 g/mol. The van der Waals surface area contributed by atoms with Crippen LogP contribution in [0, 0.1) is 26.6 Å². The van der Waals surface area contributed by atoms with Crippen molar-refractivity contribution in [2.45, 2.75) is 25.8 Å². The van der Waals surface area contributed by atoms with Crippen molar-refractivity contribution in [2.75, 3.05) is 5.73 Å². The minimum Gasteiger partial charge on any atom is -0.438 e. The van der Waals surface area contributed by atoms with Crippen molar-refractivity contribution in [2.24, 2.45) is 0 Å². The van der Waals surface area contributed by atoms with Gasteiger partial charge in [-0.05, 0) is 80.4 Å². The number of amides is 1. The quantitative estimate of drug-likeness (QED) is 0.366. The normalized spacial score (nSPS) is 11.2. The van der Waals surface area contributed by atoms with Crippen molar-refractivity contribution in [3.8, 4) is 22.9 Å². The van der Waals surface area contributed by atoms with E-state index < -0.39 is 26.8 Å². The maximum atomic E-state index is 13.4. The zero-order valence-corrected chi connectivity index (χ0v) is 20.6. The fourth-order valence-electron chi connectivity index (χ4n) is 3.71. The van der Waals surface area contributed by atoms with Gasteiger partial charge in [-0.3, -0.25) is 4.79 Å². The molecule has 0 aliphatic heterocycles. The monoisotopic (exact) mass is 510 g/mol. The van der Waals surface area contributed by atoms with Crippen molar-refractivity contribution in [1.29, 1.82) is 0 Å². The number of halogens is 1. The molecule has 0 saturated carbocycles. The number of nitrogen functional groups attached to an aromatic ring is 1. The molecule has 0 bridgehead atoms. The SMILES string of the molecule is Cc1cc(C)c(Oc2nc(-c3ccc(F)cc3)ccc2C(=O)NS(=O)(=O)c2cccc(N)n2)c(C)c1.[HH].[HH]. The number of carbonyl (C=O) groups excluding carboxylic acids is 1. The molecule has 0 unspecified atom stereocenters. The van der Waals surface area contributed by atoms with E-state index in [1.54, 1.807) is 12.1 Å². The van der Waals surface area contributed by atoms with Gasteiger partial charge in [-0.2, -0.15) is 8.42 Å². The van der Waals surface area contributed by atoms with Gasteiger partial charge in [-0.1, -0.05) is 23.8 Å². The van der Waals surface area contributed by atoms with Crippen LogP contribution in [0.15, 0.2) is 71.8 Å². The molecule has 36 heavy (non-hydrogen) atoms. The largest absolute Gasteiger partial charge is 0.438 e. The Morgan fingerprint density at radius 1 is 0.972 bits per heavy atom. The molecular formula is C26H27FN4O4S. The van der Waals surface area contributed by atoms with Crippen LogP contribution in [0.1, 0.15) is 29.9 Å². The van der Waals surface area contributed by atoms with E-state index in [1.807, 2.05) is 37.6 Å². The van der Waals surface area contributed by atoms with Gasteiger partial charge >= 0.3 is 0 Å². The Morgan fingerprint density at radius 3 is 2.28 bits per heavy atom. The maximum Gasteiger partial charge on any atom is 0.281 e. The zero-order chi connectivity index (χ0) is 26.0. The Kier molecular flexibility index (Phi) is 6.71. The van der Waals surface area contributed by atoms with Gasteiger partial charge in [0.15, 0.2) is 5.03 Å². The number of hydrogen-bond donors (Lipinski definition) is 2. The van der Waals surface area contributed by atoms with Crippen molar-refractivity contribution >= 4 is 21.7 Å². The maximum absolute atomic E-state index is 13.4. The molecule has 2 heterocycles. The summed E-state index contributed by atoms with van der Waals surface area (Å²) in [5.41, 5.74) is 9.11. The summed E-state index contributed by atoms with van der Waals surface area (Å²) in [4.78, 5) is 21.4. The van der Waals surface area contributed by atoms with E-state index in [-0.39, 0.29) is 20.1 Å². The lowest BCUT2D eigenvalue weighted by molar-refractivity contribution is 0.0978. The number of rotatable bonds is 6. The molecule has 3 N–H and O–H groups in total. The number of hydrogen-bond acceptors (Lipinski definition) is 7. The Labute approximate surface area is 211 Å². The molecule has 1 amide bonds. The first kappa shape index (κ1) is 24.8. The summed E-state index contributed by atoms with van der Waals surface area (Å²) in [6, 6.07) is 16.5. The molecule has 0 atom stereocenters. The van der Waals surface area contributed by atoms with Crippen LogP contribution in [0.3, 0.4) is 0 Å². The molecule has 0 radical (unpaired) electrons. The predicted molar refractivity (Wildman–Crippen MR) is 138 cm³/mol. The van der Waals surface area contributed by atoms with E-state index in [0.29, 0.717) is 17.0 Å². The number of sulfonamides is 1. The Morgan fingerprint density at radius 2 is 1.64 bits per heavy atom. The van der Waals surface area contributed by atoms with Crippen molar-refractivity contribution in [3.63, 3.8) is 0 Å². The summed E-state index contributed by atoms with van der Waals surface area (Å²) < 4.78 is 47.0. The number of anilines is 1. The Hall–Kier alpha value is -4.31. The molecule has 0 saturated heterocycles. The average Bonchev–Trinajstić information content (AvgIpc) is 2.81. The van der Waals surface area contributed by atoms with Crippen LogP contribution in [0.5, 0.6) is 11.6 Å². The molecule has 4 rings (SSSR count). The van der Waals surface area contributed by atoms with Crippen LogP contribution in [-0.2, 0) is 10.0 Å². The second-order valence-electron chi connectivity index (χ2n) is 8.22. The standard InChI is InChI=1S/C26H23FN4O4S.2H2/c1-15-13-16(2)24(17(3)14-15)35-26-20(11-12-21(29-26)18-7-9-19(27)10-8-18)25(32)31-36(33,34)23-6-4-5-22(28)30-23;;/h4-14H,1-3H3,(H2,28,30)(H,31,32);2*1H. The van der Waals surface area contributed by atoms with E-state index in [4.69, 9.17) is 10.5 Å². The fourth-order valence-corrected chi connectivity index (χ4v) is 4.65. The van der Waals surface area contributed by atoms with Crippen LogP contribution in [0.2, 0.25) is 0 Å². The molecule has 0 fully saturated rings. The fraction of sp³-hybridized carbons (Fsp3) is 0.115. The van der Waals surface area contributed by atoms with Crippen LogP contribution < -0.4 is 15.2 Å². The second-order valence-corrected chi connectivity index (χ2v) is 9.85. The molecule has 4 aromatic rings. The van der Waals surface area contributed by atoms with E-state index in [1.165, 1.54) is 42.5 Å². The van der Waals surface area contributed by atoms with E-state index in [9.17, 15) is 17.6 Å². The minimum absolute atomic E-state index is 0. The van der Waals surface area contributed by atoms with Gasteiger partial charge in [0.25, 0.3) is 15.9 Å². The number of aromatic nitrogens is 2. The Balaban J connectivity index is 0.00000253. The Bertz CT molecular complexity index is 1560. The van der Waals surface area contributed by atoms with Gasteiger partial charge in [-0.25, -0.2) is 19.1 Å². The van der Waals surface area contributed by atoms with Gasteiger partial charge in [0.1, 0.15) is 22.9 Å². The lowest BCUT2D eigenvalue weighted by atomic mass is 10.1. The van der Waals surface area contributed by atoms with Gasteiger partial charge in [0.05, 0.1) is 5.69 Å². The highest BCUT2D eigenvalue weighted by atomic mass is 32.2. The lowest BCUT2D eigenvalue weighted by Gasteiger charge is -2.16. The zero-order valence-electron chi connectivity index (χ0n) is 19.7. The van der Waals surface area contributed by atoms with E-state index in [2.05, 4.69) is 9.97 Å². The smallest absolute Gasteiger partial charge is 0.281 e. The van der Waals surface area contributed by atoms with E-state index in [0.717, 1.165) is 16.7 Å². The number of nitrogens with two attached hydrogens (primary N) is 1. The van der Waals surface area contributed by atoms with Crippen LogP contribution in [-0.4, -0.2) is 24.3 Å². The third-order valence-electron chi connectivity index (χ3n) is 5.30. The third-order valence-corrected chi connectivity index (χ3v) is 6.53. The highest BCUT2D eigenvalue weighted by Crippen LogP contribution is 2.32. The minimum atomic E-state index is -4.32. The molecule has 2 aromatic heterocycles. The predicted octanol–water partition coefficient (Wildman–Crippen LogP) is 5.19. The second kappa shape index (κ2) is 9.74. The number of nitrogens with one attached hydrogen (secondary N) is 1.